The van der Waals surface area contributed by atoms with Crippen molar-refractivity contribution in [2.45, 2.75) is 38.8 Å². The number of aliphatic imine (C=N–C) groups is 1. The predicted molar refractivity (Wildman–Crippen MR) is 138 cm³/mol. The van der Waals surface area contributed by atoms with E-state index in [0.29, 0.717) is 0 Å². The van der Waals surface area contributed by atoms with Gasteiger partial charge in [0.05, 0.1) is 24.4 Å². The average molecular weight is 461 g/mol. The van der Waals surface area contributed by atoms with Gasteiger partial charge >= 0.3 is 0 Å². The number of amidine groups is 1. The Labute approximate surface area is 200 Å². The normalized spacial score (nSPS) is 18.2. The number of morpholine rings is 1. The smallest absolute Gasteiger partial charge is 0.171 e. The Kier molecular flexibility index (Phi) is 6.67. The first kappa shape index (κ1) is 22.4. The molecule has 2 aliphatic heterocycles. The van der Waals surface area contributed by atoms with Crippen molar-refractivity contribution in [3.05, 3.63) is 64.7 Å². The molecule has 0 saturated carbocycles. The molecule has 172 valence electrons. The van der Waals surface area contributed by atoms with Crippen molar-refractivity contribution in [3.63, 3.8) is 0 Å². The Morgan fingerprint density at radius 3 is 2.58 bits per heavy atom. The molecule has 3 aromatic rings. The van der Waals surface area contributed by atoms with Crippen molar-refractivity contribution in [2.75, 3.05) is 39.4 Å². The minimum absolute atomic E-state index is 0.830. The lowest BCUT2D eigenvalue weighted by Crippen LogP contribution is -2.43. The Bertz CT molecular complexity index is 1170. The number of benzene rings is 2. The van der Waals surface area contributed by atoms with Crippen LogP contribution in [0.1, 0.15) is 29.2 Å². The van der Waals surface area contributed by atoms with Crippen LogP contribution in [-0.4, -0.2) is 59.3 Å². The van der Waals surface area contributed by atoms with Gasteiger partial charge < -0.3 is 9.64 Å². The van der Waals surface area contributed by atoms with Crippen molar-refractivity contribution in [2.24, 2.45) is 4.99 Å². The second-order valence-corrected chi connectivity index (χ2v) is 9.88. The number of thioether (sulfide) groups is 1. The maximum Gasteiger partial charge on any atom is 0.171 e. The number of aryl methyl sites for hydroxylation is 3. The molecule has 33 heavy (non-hydrogen) atoms. The van der Waals surface area contributed by atoms with Crippen LogP contribution < -0.4 is 0 Å². The fourth-order valence-electron chi connectivity index (χ4n) is 4.41. The lowest BCUT2D eigenvalue weighted by molar-refractivity contribution is 0.0358. The summed E-state index contributed by atoms with van der Waals surface area (Å²) in [6, 6.07) is 15.3. The molecular weight excluding hydrogens is 428 g/mol. The van der Waals surface area contributed by atoms with Gasteiger partial charge in [-0.2, -0.15) is 0 Å². The van der Waals surface area contributed by atoms with Crippen LogP contribution >= 0.6 is 11.8 Å². The van der Waals surface area contributed by atoms with Gasteiger partial charge in [0, 0.05) is 43.7 Å². The molecule has 1 aromatic heterocycles. The van der Waals surface area contributed by atoms with Crippen LogP contribution in [0.3, 0.4) is 0 Å². The van der Waals surface area contributed by atoms with Gasteiger partial charge in [0.25, 0.3) is 0 Å². The summed E-state index contributed by atoms with van der Waals surface area (Å²) in [4.78, 5) is 15.1. The average Bonchev–Trinajstić information content (AvgIpc) is 2.85. The maximum absolute atomic E-state index is 5.52. The first-order chi connectivity index (χ1) is 16.1. The molecule has 2 aromatic carbocycles. The Morgan fingerprint density at radius 2 is 1.82 bits per heavy atom. The van der Waals surface area contributed by atoms with Crippen LogP contribution in [0.25, 0.3) is 10.9 Å². The standard InChI is InChI=1S/C27H32N4OS/c1-4-21-6-9-24(10-7-21)28-27-31(12-11-30-13-15-32-16-14-30)18-23-17-22-8-5-19(2)20(3)25(22)29-26(23)33-27/h5-10,17H,4,11-16,18H2,1-3H3. The van der Waals surface area contributed by atoms with E-state index in [1.165, 1.54) is 27.6 Å². The molecule has 0 aliphatic carbocycles. The van der Waals surface area contributed by atoms with E-state index < -0.39 is 0 Å². The second-order valence-electron chi connectivity index (χ2n) is 8.92. The molecule has 0 unspecified atom stereocenters. The number of fused-ring (bicyclic) bond motifs is 2. The summed E-state index contributed by atoms with van der Waals surface area (Å²) in [5.41, 5.74) is 7.28. The molecule has 0 bridgehead atoms. The highest BCUT2D eigenvalue weighted by Gasteiger charge is 2.25. The van der Waals surface area contributed by atoms with Gasteiger partial charge in [0.15, 0.2) is 5.17 Å². The molecule has 0 atom stereocenters. The van der Waals surface area contributed by atoms with Gasteiger partial charge in [-0.1, -0.05) is 31.2 Å². The highest BCUT2D eigenvalue weighted by molar-refractivity contribution is 8.13. The summed E-state index contributed by atoms with van der Waals surface area (Å²) >= 11 is 1.71. The molecular formula is C27H32N4OS. The number of rotatable bonds is 5. The molecule has 2 aliphatic rings. The van der Waals surface area contributed by atoms with Crippen LogP contribution in [0.2, 0.25) is 0 Å². The van der Waals surface area contributed by atoms with Gasteiger partial charge in [-0.05, 0) is 66.9 Å². The van der Waals surface area contributed by atoms with Gasteiger partial charge in [-0.25, -0.2) is 9.98 Å². The minimum Gasteiger partial charge on any atom is -0.379 e. The van der Waals surface area contributed by atoms with Crippen molar-refractivity contribution in [1.82, 2.24) is 14.8 Å². The topological polar surface area (TPSA) is 41.0 Å². The zero-order valence-corrected chi connectivity index (χ0v) is 20.6. The Hall–Kier alpha value is -2.41. The zero-order valence-electron chi connectivity index (χ0n) is 19.8. The highest BCUT2D eigenvalue weighted by Crippen LogP contribution is 2.35. The van der Waals surface area contributed by atoms with Crippen LogP contribution in [0, 0.1) is 13.8 Å². The minimum atomic E-state index is 0.830. The number of aromatic nitrogens is 1. The summed E-state index contributed by atoms with van der Waals surface area (Å²) in [5, 5.41) is 3.35. The lowest BCUT2D eigenvalue weighted by atomic mass is 10.0. The lowest BCUT2D eigenvalue weighted by Gasteiger charge is -2.34. The number of hydrogen-bond donors (Lipinski definition) is 0. The third kappa shape index (κ3) is 4.93. The number of pyridine rings is 1. The Morgan fingerprint density at radius 1 is 1.03 bits per heavy atom. The van der Waals surface area contributed by atoms with E-state index in [-0.39, 0.29) is 0 Å². The van der Waals surface area contributed by atoms with Crippen molar-refractivity contribution in [1.29, 1.82) is 0 Å². The summed E-state index contributed by atoms with van der Waals surface area (Å²) in [5.74, 6) is 0. The number of ether oxygens (including phenoxy) is 1. The maximum atomic E-state index is 5.52. The molecule has 5 nitrogen and oxygen atoms in total. The van der Waals surface area contributed by atoms with Crippen molar-refractivity contribution in [3.8, 4) is 0 Å². The van der Waals surface area contributed by atoms with E-state index in [1.54, 1.807) is 11.8 Å². The molecule has 1 saturated heterocycles. The summed E-state index contributed by atoms with van der Waals surface area (Å²) in [6.45, 7) is 13.0. The van der Waals surface area contributed by atoms with Crippen molar-refractivity contribution >= 4 is 33.5 Å². The van der Waals surface area contributed by atoms with Crippen LogP contribution in [-0.2, 0) is 17.7 Å². The first-order valence-electron chi connectivity index (χ1n) is 11.9. The fraction of sp³-hybridized carbons (Fsp3) is 0.407. The molecule has 3 heterocycles. The van der Waals surface area contributed by atoms with Crippen LogP contribution in [0.5, 0.6) is 0 Å². The molecule has 5 rings (SSSR count). The van der Waals surface area contributed by atoms with Gasteiger partial charge in [-0.3, -0.25) is 4.90 Å². The van der Waals surface area contributed by atoms with Gasteiger partial charge in [0.2, 0.25) is 0 Å². The molecule has 0 spiro atoms. The van der Waals surface area contributed by atoms with Crippen LogP contribution in [0.4, 0.5) is 5.69 Å². The van der Waals surface area contributed by atoms with E-state index in [4.69, 9.17) is 14.7 Å². The SMILES string of the molecule is CCc1ccc(N=C2Sc3nc4c(C)c(C)ccc4cc3CN2CCN2CCOCC2)cc1. The largest absolute Gasteiger partial charge is 0.379 e. The second kappa shape index (κ2) is 9.84. The predicted octanol–water partition coefficient (Wildman–Crippen LogP) is 5.34. The first-order valence-corrected chi connectivity index (χ1v) is 12.7. The number of nitrogens with zero attached hydrogens (tertiary/aromatic N) is 4. The highest BCUT2D eigenvalue weighted by atomic mass is 32.2. The zero-order chi connectivity index (χ0) is 22.8. The molecule has 0 radical (unpaired) electrons. The van der Waals surface area contributed by atoms with Crippen molar-refractivity contribution < 1.29 is 4.74 Å². The summed E-state index contributed by atoms with van der Waals surface area (Å²) < 4.78 is 5.52. The summed E-state index contributed by atoms with van der Waals surface area (Å²) in [6.07, 6.45) is 1.04. The van der Waals surface area contributed by atoms with E-state index >= 15 is 0 Å². The van der Waals surface area contributed by atoms with E-state index in [1.807, 2.05) is 0 Å². The van der Waals surface area contributed by atoms with E-state index in [2.05, 4.69) is 73.0 Å². The quantitative estimate of drug-likeness (QED) is 0.514. The third-order valence-corrected chi connectivity index (χ3v) is 7.81. The Balaban J connectivity index is 1.47. The van der Waals surface area contributed by atoms with Crippen LogP contribution in [0.15, 0.2) is 52.5 Å². The van der Waals surface area contributed by atoms with E-state index in [0.717, 1.165) is 73.8 Å². The number of hydrogen-bond acceptors (Lipinski definition) is 5. The van der Waals surface area contributed by atoms with Gasteiger partial charge in [-0.15, -0.1) is 0 Å². The molecule has 0 amide bonds. The molecule has 1 fully saturated rings. The van der Waals surface area contributed by atoms with E-state index in [9.17, 15) is 0 Å². The molecule has 0 N–H and O–H groups in total. The summed E-state index contributed by atoms with van der Waals surface area (Å²) in [7, 11) is 0. The monoisotopic (exact) mass is 460 g/mol. The van der Waals surface area contributed by atoms with Gasteiger partial charge in [0.1, 0.15) is 5.03 Å². The fourth-order valence-corrected chi connectivity index (χ4v) is 5.41. The molecule has 6 heteroatoms. The third-order valence-electron chi connectivity index (χ3n) is 6.73.